The van der Waals surface area contributed by atoms with Gasteiger partial charge in [0, 0.05) is 25.2 Å². The third kappa shape index (κ3) is 5.11. The number of halogens is 6. The number of pyridine rings is 2. The van der Waals surface area contributed by atoms with Gasteiger partial charge in [0.05, 0.1) is 16.5 Å². The average molecular weight is 547 g/mol. The van der Waals surface area contributed by atoms with Crippen LogP contribution in [0.2, 0.25) is 5.02 Å². The molecule has 0 bridgehead atoms. The molecule has 4 rings (SSSR count). The van der Waals surface area contributed by atoms with E-state index in [0.29, 0.717) is 6.07 Å². The zero-order valence-corrected chi connectivity index (χ0v) is 19.8. The molecule has 3 N–H and O–H groups in total. The summed E-state index contributed by atoms with van der Waals surface area (Å²) in [6, 6.07) is 1.50. The van der Waals surface area contributed by atoms with Gasteiger partial charge in [-0.15, -0.1) is 0 Å². The number of β-amino-alcohol motifs (C(OH)–C–C–N with tert-alkyl or cyclic N) is 1. The van der Waals surface area contributed by atoms with E-state index in [4.69, 9.17) is 11.6 Å². The summed E-state index contributed by atoms with van der Waals surface area (Å²) in [6.07, 6.45) is -6.50. The first-order chi connectivity index (χ1) is 17.3. The molecule has 3 atom stereocenters. The highest BCUT2D eigenvalue weighted by molar-refractivity contribution is 6.32. The molecular weight excluding hydrogens is 527 g/mol. The monoisotopic (exact) mass is 546 g/mol. The Kier molecular flexibility index (Phi) is 7.14. The predicted octanol–water partition coefficient (Wildman–Crippen LogP) is 3.28. The molecule has 3 heterocycles. The number of nitrogens with one attached hydrogen (secondary N) is 1. The van der Waals surface area contributed by atoms with Crippen LogP contribution in [-0.4, -0.2) is 56.8 Å². The fraction of sp³-hybridized carbons (Fsp3) is 0.348. The number of carbonyl (C=O) groups excluding carboxylic acids is 1. The molecule has 1 saturated heterocycles. The van der Waals surface area contributed by atoms with E-state index in [-0.39, 0.29) is 29.8 Å². The maximum Gasteiger partial charge on any atom is 0.408 e. The smallest absolute Gasteiger partial charge is 0.391 e. The van der Waals surface area contributed by atoms with Gasteiger partial charge in [-0.1, -0.05) is 18.5 Å². The number of hydrogen-bond acceptors (Lipinski definition) is 6. The van der Waals surface area contributed by atoms with Crippen LogP contribution in [0.1, 0.15) is 30.1 Å². The van der Waals surface area contributed by atoms with Gasteiger partial charge in [-0.25, -0.2) is 13.8 Å². The molecule has 0 saturated carbocycles. The van der Waals surface area contributed by atoms with Crippen LogP contribution in [0.25, 0.3) is 16.7 Å². The van der Waals surface area contributed by atoms with Gasteiger partial charge in [-0.3, -0.25) is 14.2 Å². The zero-order chi connectivity index (χ0) is 27.2. The molecule has 198 valence electrons. The van der Waals surface area contributed by atoms with Gasteiger partial charge in [0.15, 0.2) is 11.5 Å². The van der Waals surface area contributed by atoms with E-state index in [1.54, 1.807) is 5.32 Å². The molecule has 1 aromatic carbocycles. The van der Waals surface area contributed by atoms with Crippen molar-refractivity contribution in [2.24, 2.45) is 0 Å². The fourth-order valence-electron chi connectivity index (χ4n) is 4.14. The van der Waals surface area contributed by atoms with E-state index in [1.165, 1.54) is 24.0 Å². The molecule has 3 aromatic rings. The molecule has 0 radical (unpaired) electrons. The Balaban J connectivity index is 1.96. The van der Waals surface area contributed by atoms with Crippen LogP contribution >= 0.6 is 11.6 Å². The van der Waals surface area contributed by atoms with Crippen molar-refractivity contribution in [3.63, 3.8) is 0 Å². The standard InChI is InChI=1S/C23H20ClF5N4O4/c1-2-16(23(27,28)29)30-22(37)13-9-33(19-14(24)5-10(25)6-15(19)26)21-12(20(13)36)3-4-17(31-21)32-8-11(34)7-18(32)35/h3-6,9,11,16,18,34-35H,2,7-8H2,1H3,(H,30,37)/t11-,16+,18?/m0/s1. The molecular formula is C23H20ClF5N4O4. The molecule has 1 amide bonds. The number of hydrogen-bond donors (Lipinski definition) is 3. The molecule has 1 aliphatic rings. The Bertz CT molecular complexity index is 1410. The summed E-state index contributed by atoms with van der Waals surface area (Å²) in [6.45, 7) is 1.19. The van der Waals surface area contributed by atoms with E-state index in [0.717, 1.165) is 16.8 Å². The Morgan fingerprint density at radius 1 is 1.27 bits per heavy atom. The lowest BCUT2D eigenvalue weighted by Gasteiger charge is -2.23. The second-order valence-electron chi connectivity index (χ2n) is 8.50. The van der Waals surface area contributed by atoms with Gasteiger partial charge in [0.2, 0.25) is 5.43 Å². The van der Waals surface area contributed by atoms with E-state index in [9.17, 15) is 41.8 Å². The number of aliphatic hydroxyl groups is 2. The number of benzene rings is 1. The van der Waals surface area contributed by atoms with Gasteiger partial charge < -0.3 is 20.4 Å². The van der Waals surface area contributed by atoms with Gasteiger partial charge >= 0.3 is 6.18 Å². The second-order valence-corrected chi connectivity index (χ2v) is 8.91. The molecule has 8 nitrogen and oxygen atoms in total. The first-order valence-corrected chi connectivity index (χ1v) is 11.4. The van der Waals surface area contributed by atoms with Crippen molar-refractivity contribution in [2.75, 3.05) is 11.4 Å². The van der Waals surface area contributed by atoms with Crippen molar-refractivity contribution >= 4 is 34.4 Å². The number of amides is 1. The minimum absolute atomic E-state index is 0.00803. The summed E-state index contributed by atoms with van der Waals surface area (Å²) in [7, 11) is 0. The van der Waals surface area contributed by atoms with E-state index < -0.39 is 70.2 Å². The average Bonchev–Trinajstić information content (AvgIpc) is 3.14. The summed E-state index contributed by atoms with van der Waals surface area (Å²) in [5, 5.41) is 21.1. The van der Waals surface area contributed by atoms with Crippen molar-refractivity contribution in [2.45, 2.75) is 44.3 Å². The third-order valence-corrected chi connectivity index (χ3v) is 6.24. The molecule has 0 aliphatic carbocycles. The van der Waals surface area contributed by atoms with Crippen LogP contribution in [0.3, 0.4) is 0 Å². The first-order valence-electron chi connectivity index (χ1n) is 11.0. The minimum atomic E-state index is -4.79. The largest absolute Gasteiger partial charge is 0.408 e. The molecule has 37 heavy (non-hydrogen) atoms. The van der Waals surface area contributed by atoms with Gasteiger partial charge in [-0.05, 0) is 24.6 Å². The highest BCUT2D eigenvalue weighted by Crippen LogP contribution is 2.30. The van der Waals surface area contributed by atoms with Crippen molar-refractivity contribution in [3.05, 3.63) is 62.9 Å². The summed E-state index contributed by atoms with van der Waals surface area (Å²) in [4.78, 5) is 31.6. The normalized spacial score (nSPS) is 18.9. The Morgan fingerprint density at radius 2 is 1.97 bits per heavy atom. The first kappa shape index (κ1) is 26.8. The van der Waals surface area contributed by atoms with Crippen LogP contribution < -0.4 is 15.6 Å². The number of rotatable bonds is 5. The summed E-state index contributed by atoms with van der Waals surface area (Å²) >= 11 is 6.08. The summed E-state index contributed by atoms with van der Waals surface area (Å²) < 4.78 is 69.2. The lowest BCUT2D eigenvalue weighted by molar-refractivity contribution is -0.153. The highest BCUT2D eigenvalue weighted by atomic mass is 35.5. The van der Waals surface area contributed by atoms with Crippen molar-refractivity contribution in [1.29, 1.82) is 0 Å². The molecule has 2 aromatic heterocycles. The third-order valence-electron chi connectivity index (χ3n) is 5.96. The van der Waals surface area contributed by atoms with Gasteiger partial charge in [-0.2, -0.15) is 13.2 Å². The predicted molar refractivity (Wildman–Crippen MR) is 124 cm³/mol. The second kappa shape index (κ2) is 9.88. The van der Waals surface area contributed by atoms with Crippen LogP contribution in [0.15, 0.2) is 35.3 Å². The van der Waals surface area contributed by atoms with Crippen LogP contribution in [0.4, 0.5) is 27.8 Å². The van der Waals surface area contributed by atoms with Crippen LogP contribution in [0.5, 0.6) is 0 Å². The number of nitrogens with zero attached hydrogens (tertiary/aromatic N) is 3. The van der Waals surface area contributed by atoms with Gasteiger partial charge in [0.1, 0.15) is 35.2 Å². The number of carbonyl (C=O) groups is 1. The molecule has 0 spiro atoms. The molecule has 14 heteroatoms. The molecule has 1 aliphatic heterocycles. The van der Waals surface area contributed by atoms with E-state index in [1.807, 2.05) is 0 Å². The Morgan fingerprint density at radius 3 is 2.54 bits per heavy atom. The maximum atomic E-state index is 14.9. The molecule has 1 fully saturated rings. The lowest BCUT2D eigenvalue weighted by Crippen LogP contribution is -2.46. The summed E-state index contributed by atoms with van der Waals surface area (Å²) in [5.74, 6) is -3.52. The van der Waals surface area contributed by atoms with Crippen LogP contribution in [-0.2, 0) is 0 Å². The van der Waals surface area contributed by atoms with E-state index in [2.05, 4.69) is 4.98 Å². The van der Waals surface area contributed by atoms with Crippen molar-refractivity contribution in [1.82, 2.24) is 14.9 Å². The number of aromatic nitrogens is 2. The van der Waals surface area contributed by atoms with Crippen molar-refractivity contribution in [3.8, 4) is 5.69 Å². The summed E-state index contributed by atoms with van der Waals surface area (Å²) in [5.41, 5.74) is -2.55. The molecule has 1 unspecified atom stereocenters. The maximum absolute atomic E-state index is 14.9. The number of aliphatic hydroxyl groups excluding tert-OH is 2. The fourth-order valence-corrected chi connectivity index (χ4v) is 4.43. The van der Waals surface area contributed by atoms with Gasteiger partial charge in [0.25, 0.3) is 5.91 Å². The Hall–Kier alpha value is -3.29. The number of alkyl halides is 3. The van der Waals surface area contributed by atoms with Crippen molar-refractivity contribution < 1.29 is 37.0 Å². The van der Waals surface area contributed by atoms with Crippen LogP contribution in [0, 0.1) is 11.6 Å². The zero-order valence-electron chi connectivity index (χ0n) is 19.1. The highest BCUT2D eigenvalue weighted by Gasteiger charge is 2.40. The number of anilines is 1. The number of fused-ring (bicyclic) bond motifs is 1. The SMILES string of the molecule is CC[C@@H](NC(=O)c1cn(-c2c(F)cc(F)cc2Cl)c2nc(N3C[C@@H](O)CC3O)ccc2c1=O)C(F)(F)F. The minimum Gasteiger partial charge on any atom is -0.391 e. The Labute approximate surface area is 210 Å². The quantitative estimate of drug-likeness (QED) is 0.424. The topological polar surface area (TPSA) is 108 Å². The van der Waals surface area contributed by atoms with E-state index >= 15 is 0 Å². The lowest BCUT2D eigenvalue weighted by atomic mass is 10.1.